The Bertz CT molecular complexity index is 1030. The molecule has 7 heteroatoms. The predicted molar refractivity (Wildman–Crippen MR) is 102 cm³/mol. The normalized spacial score (nSPS) is 10.9. The van der Waals surface area contributed by atoms with Crippen molar-refractivity contribution in [2.75, 3.05) is 5.32 Å². The predicted octanol–water partition coefficient (Wildman–Crippen LogP) is 4.85. The topological polar surface area (TPSA) is 71.3 Å². The van der Waals surface area contributed by atoms with Gasteiger partial charge in [-0.05, 0) is 48.9 Å². The van der Waals surface area contributed by atoms with Gasteiger partial charge in [-0.25, -0.2) is 4.79 Å². The monoisotopic (exact) mass is 420 g/mol. The molecule has 0 spiro atoms. The highest BCUT2D eigenvalue weighted by atomic mass is 79.9. The summed E-state index contributed by atoms with van der Waals surface area (Å²) in [6.45, 7) is 1.70. The van der Waals surface area contributed by atoms with Crippen LogP contribution in [0.2, 0.25) is 5.02 Å². The number of fused-ring (bicyclic) bond motifs is 1. The summed E-state index contributed by atoms with van der Waals surface area (Å²) in [6.07, 6.45) is 0. The van der Waals surface area contributed by atoms with Gasteiger partial charge >= 0.3 is 5.97 Å². The maximum atomic E-state index is 12.7. The van der Waals surface area contributed by atoms with E-state index in [9.17, 15) is 14.7 Å². The van der Waals surface area contributed by atoms with E-state index in [-0.39, 0.29) is 17.2 Å². The van der Waals surface area contributed by atoms with Crippen molar-refractivity contribution in [1.29, 1.82) is 0 Å². The summed E-state index contributed by atoms with van der Waals surface area (Å²) < 4.78 is 2.68. The number of amides is 1. The zero-order valence-corrected chi connectivity index (χ0v) is 15.8. The lowest BCUT2D eigenvalue weighted by atomic mass is 10.1. The number of benzene rings is 2. The second-order valence-electron chi connectivity index (χ2n) is 5.70. The molecule has 0 fully saturated rings. The van der Waals surface area contributed by atoms with E-state index in [1.807, 2.05) is 18.2 Å². The molecule has 1 aromatic heterocycles. The highest BCUT2D eigenvalue weighted by Gasteiger charge is 2.19. The number of carboxylic acids is 1. The minimum atomic E-state index is -1.15. The van der Waals surface area contributed by atoms with Crippen LogP contribution < -0.4 is 5.32 Å². The molecule has 1 amide bonds. The summed E-state index contributed by atoms with van der Waals surface area (Å²) in [7, 11) is 1.79. The van der Waals surface area contributed by atoms with Crippen LogP contribution in [0.15, 0.2) is 40.9 Å². The van der Waals surface area contributed by atoms with Gasteiger partial charge in [0.1, 0.15) is 5.69 Å². The molecular weight excluding hydrogens is 408 g/mol. The van der Waals surface area contributed by atoms with Crippen LogP contribution >= 0.6 is 27.5 Å². The van der Waals surface area contributed by atoms with Gasteiger partial charge in [0.2, 0.25) is 0 Å². The number of halogens is 2. The molecule has 1 heterocycles. The number of aromatic carboxylic acids is 1. The fourth-order valence-corrected chi connectivity index (χ4v) is 3.45. The standard InChI is InChI=1S/C18H14BrClN2O3/c1-9-5-12(20)8-13(18(24)25)16(9)21-17(23)15-7-10-6-11(19)3-4-14(10)22(15)2/h3-8H,1-2H3,(H,21,23)(H,24,25). The van der Waals surface area contributed by atoms with E-state index in [0.717, 1.165) is 15.4 Å². The first-order valence-corrected chi connectivity index (χ1v) is 8.55. The molecule has 0 bridgehead atoms. The van der Waals surface area contributed by atoms with Gasteiger partial charge in [0.25, 0.3) is 5.91 Å². The minimum absolute atomic E-state index is 0.0418. The van der Waals surface area contributed by atoms with E-state index in [4.69, 9.17) is 11.6 Å². The number of carbonyl (C=O) groups is 2. The summed E-state index contributed by atoms with van der Waals surface area (Å²) >= 11 is 9.34. The Morgan fingerprint density at radius 3 is 2.60 bits per heavy atom. The number of nitrogens with zero attached hydrogens (tertiary/aromatic N) is 1. The lowest BCUT2D eigenvalue weighted by Crippen LogP contribution is -2.18. The number of hydrogen-bond donors (Lipinski definition) is 2. The van der Waals surface area contributed by atoms with Gasteiger partial charge in [0, 0.05) is 27.4 Å². The number of rotatable bonds is 3. The molecule has 0 aliphatic heterocycles. The van der Waals surface area contributed by atoms with Gasteiger partial charge in [-0.3, -0.25) is 4.79 Å². The van der Waals surface area contributed by atoms with Crippen molar-refractivity contribution in [3.63, 3.8) is 0 Å². The molecule has 3 aromatic rings. The Morgan fingerprint density at radius 2 is 1.92 bits per heavy atom. The Hall–Kier alpha value is -2.31. The van der Waals surface area contributed by atoms with Crippen LogP contribution in [0.5, 0.6) is 0 Å². The van der Waals surface area contributed by atoms with E-state index in [2.05, 4.69) is 21.2 Å². The van der Waals surface area contributed by atoms with Crippen LogP contribution in [0, 0.1) is 6.92 Å². The first-order chi connectivity index (χ1) is 11.8. The third-order valence-electron chi connectivity index (χ3n) is 4.01. The molecule has 0 atom stereocenters. The number of nitrogens with one attached hydrogen (secondary N) is 1. The molecule has 25 heavy (non-hydrogen) atoms. The van der Waals surface area contributed by atoms with Crippen molar-refractivity contribution in [3.05, 3.63) is 62.7 Å². The molecule has 0 unspecified atom stereocenters. The third-order valence-corrected chi connectivity index (χ3v) is 4.72. The summed E-state index contributed by atoms with van der Waals surface area (Å²) in [6, 6.07) is 10.4. The number of aromatic nitrogens is 1. The first-order valence-electron chi connectivity index (χ1n) is 7.37. The van der Waals surface area contributed by atoms with Gasteiger partial charge in [-0.2, -0.15) is 0 Å². The number of anilines is 1. The highest BCUT2D eigenvalue weighted by Crippen LogP contribution is 2.28. The summed E-state index contributed by atoms with van der Waals surface area (Å²) in [5.41, 5.74) is 2.12. The quantitative estimate of drug-likeness (QED) is 0.635. The fraction of sp³-hybridized carbons (Fsp3) is 0.111. The van der Waals surface area contributed by atoms with E-state index in [1.54, 1.807) is 30.7 Å². The summed E-state index contributed by atoms with van der Waals surface area (Å²) in [5.74, 6) is -1.54. The zero-order valence-electron chi connectivity index (χ0n) is 13.4. The number of carbonyl (C=O) groups excluding carboxylic acids is 1. The molecule has 128 valence electrons. The molecule has 5 nitrogen and oxygen atoms in total. The number of aryl methyl sites for hydroxylation is 2. The Labute approximate surface area is 157 Å². The lowest BCUT2D eigenvalue weighted by Gasteiger charge is -2.13. The minimum Gasteiger partial charge on any atom is -0.478 e. The van der Waals surface area contributed by atoms with E-state index in [1.165, 1.54) is 6.07 Å². The van der Waals surface area contributed by atoms with Gasteiger partial charge in [-0.15, -0.1) is 0 Å². The van der Waals surface area contributed by atoms with E-state index in [0.29, 0.717) is 16.3 Å². The molecule has 2 aromatic carbocycles. The molecule has 0 saturated carbocycles. The summed E-state index contributed by atoms with van der Waals surface area (Å²) in [5, 5.41) is 13.3. The van der Waals surface area contributed by atoms with Crippen LogP contribution in [0.3, 0.4) is 0 Å². The van der Waals surface area contributed by atoms with Crippen LogP contribution in [0.1, 0.15) is 26.4 Å². The molecule has 3 rings (SSSR count). The highest BCUT2D eigenvalue weighted by molar-refractivity contribution is 9.10. The van der Waals surface area contributed by atoms with E-state index >= 15 is 0 Å². The lowest BCUT2D eigenvalue weighted by molar-refractivity contribution is 0.0698. The maximum Gasteiger partial charge on any atom is 0.337 e. The van der Waals surface area contributed by atoms with Gasteiger partial charge in [0.15, 0.2) is 0 Å². The second-order valence-corrected chi connectivity index (χ2v) is 7.05. The smallest absolute Gasteiger partial charge is 0.337 e. The summed E-state index contributed by atoms with van der Waals surface area (Å²) in [4.78, 5) is 24.2. The molecule has 0 aliphatic rings. The van der Waals surface area contributed by atoms with E-state index < -0.39 is 5.97 Å². The number of carboxylic acid groups (broad SMARTS) is 1. The Morgan fingerprint density at radius 1 is 1.20 bits per heavy atom. The van der Waals surface area contributed by atoms with Crippen LogP contribution in [0.25, 0.3) is 10.9 Å². The van der Waals surface area contributed by atoms with Gasteiger partial charge in [0.05, 0.1) is 11.3 Å². The average Bonchev–Trinajstić information content (AvgIpc) is 2.85. The third kappa shape index (κ3) is 3.27. The molecular formula is C18H14BrClN2O3. The van der Waals surface area contributed by atoms with Crippen molar-refractivity contribution in [2.24, 2.45) is 7.05 Å². The fourth-order valence-electron chi connectivity index (χ4n) is 2.79. The maximum absolute atomic E-state index is 12.7. The van der Waals surface area contributed by atoms with Gasteiger partial charge < -0.3 is 15.0 Å². The van der Waals surface area contributed by atoms with Gasteiger partial charge in [-0.1, -0.05) is 27.5 Å². The largest absolute Gasteiger partial charge is 0.478 e. The SMILES string of the molecule is Cc1cc(Cl)cc(C(=O)O)c1NC(=O)c1cc2cc(Br)ccc2n1C. The number of hydrogen-bond acceptors (Lipinski definition) is 2. The average molecular weight is 422 g/mol. The Balaban J connectivity index is 2.04. The van der Waals surface area contributed by atoms with Crippen molar-refractivity contribution in [2.45, 2.75) is 6.92 Å². The van der Waals surface area contributed by atoms with Crippen LogP contribution in [0.4, 0.5) is 5.69 Å². The Kier molecular flexibility index (Phi) is 4.58. The van der Waals surface area contributed by atoms with Crippen molar-refractivity contribution < 1.29 is 14.7 Å². The van der Waals surface area contributed by atoms with Crippen LogP contribution in [-0.2, 0) is 7.05 Å². The molecule has 0 aliphatic carbocycles. The van der Waals surface area contributed by atoms with Crippen LogP contribution in [-0.4, -0.2) is 21.6 Å². The first kappa shape index (κ1) is 17.5. The molecule has 2 N–H and O–H groups in total. The molecule has 0 radical (unpaired) electrons. The second kappa shape index (κ2) is 6.54. The van der Waals surface area contributed by atoms with Crippen molar-refractivity contribution in [1.82, 2.24) is 4.57 Å². The zero-order chi connectivity index (χ0) is 18.3. The van der Waals surface area contributed by atoms with Crippen molar-refractivity contribution >= 4 is 56.0 Å². The van der Waals surface area contributed by atoms with Crippen molar-refractivity contribution in [3.8, 4) is 0 Å². The molecule has 0 saturated heterocycles.